The van der Waals surface area contributed by atoms with E-state index in [0.29, 0.717) is 23.8 Å². The quantitative estimate of drug-likeness (QED) is 0.509. The Morgan fingerprint density at radius 3 is 2.33 bits per heavy atom. The lowest BCUT2D eigenvalue weighted by atomic mass is 10.1. The highest BCUT2D eigenvalue weighted by Crippen LogP contribution is 2.24. The zero-order valence-electron chi connectivity index (χ0n) is 12.9. The first kappa shape index (κ1) is 14.3. The van der Waals surface area contributed by atoms with Crippen molar-refractivity contribution in [2.45, 2.75) is 6.61 Å². The van der Waals surface area contributed by atoms with Crippen LogP contribution in [0.25, 0.3) is 22.6 Å². The van der Waals surface area contributed by atoms with Crippen LogP contribution in [0.15, 0.2) is 88.0 Å². The van der Waals surface area contributed by atoms with E-state index >= 15 is 0 Å². The molecule has 0 spiro atoms. The Bertz CT molecular complexity index is 894. The third-order valence-electron chi connectivity index (χ3n) is 3.67. The molecule has 2 aromatic heterocycles. The summed E-state index contributed by atoms with van der Waals surface area (Å²) in [6, 6.07) is 23.7. The van der Waals surface area contributed by atoms with Gasteiger partial charge in [0.1, 0.15) is 18.1 Å². The number of hydrogen-bond donors (Lipinski definition) is 0. The highest BCUT2D eigenvalue weighted by atomic mass is 16.5. The fourth-order valence-electron chi connectivity index (χ4n) is 2.45. The van der Waals surface area contributed by atoms with Gasteiger partial charge in [-0.25, -0.2) is 0 Å². The van der Waals surface area contributed by atoms with Crippen molar-refractivity contribution in [2.75, 3.05) is 0 Å². The fraction of sp³-hybridized carbons (Fsp3) is 0.0500. The summed E-state index contributed by atoms with van der Waals surface area (Å²) >= 11 is 0. The summed E-state index contributed by atoms with van der Waals surface area (Å²) < 4.78 is 16.3. The minimum Gasteiger partial charge on any atom is -0.487 e. The monoisotopic (exact) mass is 317 g/mol. The molecule has 118 valence electrons. The van der Waals surface area contributed by atoms with Gasteiger partial charge >= 0.3 is 0 Å². The molecule has 0 radical (unpaired) electrons. The smallest absolute Gasteiger partial charge is 0.202 e. The third-order valence-corrected chi connectivity index (χ3v) is 3.67. The maximum Gasteiger partial charge on any atom is 0.202 e. The van der Waals surface area contributed by atoms with E-state index < -0.39 is 0 Å². The van der Waals surface area contributed by atoms with E-state index in [1.807, 2.05) is 60.7 Å². The zero-order chi connectivity index (χ0) is 16.2. The van der Waals surface area contributed by atoms with E-state index in [-0.39, 0.29) is 0 Å². The molecule has 0 unspecified atom stereocenters. The van der Waals surface area contributed by atoms with Gasteiger partial charge in [-0.2, -0.15) is 0 Å². The van der Waals surface area contributed by atoms with Crippen LogP contribution >= 0.6 is 0 Å². The Morgan fingerprint density at radius 2 is 1.58 bits per heavy atom. The summed E-state index contributed by atoms with van der Waals surface area (Å²) in [5.74, 6) is 2.04. The summed E-state index contributed by atoms with van der Waals surface area (Å²) in [5.41, 5.74) is 3.06. The number of hydrogen-bond acceptors (Lipinski definition) is 4. The van der Waals surface area contributed by atoms with Crippen molar-refractivity contribution in [1.82, 2.24) is 5.16 Å². The molecule has 2 aromatic carbocycles. The lowest BCUT2D eigenvalue weighted by Gasteiger charge is -2.05. The second-order valence-corrected chi connectivity index (χ2v) is 5.34. The molecule has 24 heavy (non-hydrogen) atoms. The number of ether oxygens (including phenoxy) is 1. The second-order valence-electron chi connectivity index (χ2n) is 5.34. The summed E-state index contributed by atoms with van der Waals surface area (Å²) in [4.78, 5) is 0. The van der Waals surface area contributed by atoms with Gasteiger partial charge in [-0.05, 0) is 35.4 Å². The first-order chi connectivity index (χ1) is 11.9. The van der Waals surface area contributed by atoms with Crippen molar-refractivity contribution >= 4 is 0 Å². The highest BCUT2D eigenvalue weighted by molar-refractivity contribution is 5.63. The number of aromatic nitrogens is 1. The van der Waals surface area contributed by atoms with Crippen LogP contribution in [-0.2, 0) is 6.61 Å². The largest absolute Gasteiger partial charge is 0.487 e. The van der Waals surface area contributed by atoms with Gasteiger partial charge in [0.25, 0.3) is 0 Å². The van der Waals surface area contributed by atoms with Crippen molar-refractivity contribution in [3.8, 4) is 28.4 Å². The highest BCUT2D eigenvalue weighted by Gasteiger charge is 2.09. The molecule has 0 aliphatic rings. The molecule has 0 fully saturated rings. The van der Waals surface area contributed by atoms with Gasteiger partial charge in [-0.3, -0.25) is 0 Å². The molecule has 4 aromatic rings. The average Bonchev–Trinajstić information content (AvgIpc) is 3.33. The van der Waals surface area contributed by atoms with Gasteiger partial charge < -0.3 is 13.7 Å². The molecular formula is C20H15NO3. The number of nitrogens with zero attached hydrogens (tertiary/aromatic N) is 1. The Morgan fingerprint density at radius 1 is 0.792 bits per heavy atom. The van der Waals surface area contributed by atoms with Gasteiger partial charge in [0.15, 0.2) is 5.76 Å². The lowest BCUT2D eigenvalue weighted by molar-refractivity contribution is 0.289. The minimum absolute atomic E-state index is 0.342. The maximum atomic E-state index is 5.76. The molecule has 0 aliphatic carbocycles. The van der Waals surface area contributed by atoms with E-state index in [1.165, 1.54) is 5.56 Å². The van der Waals surface area contributed by atoms with Gasteiger partial charge in [-0.15, -0.1) is 0 Å². The summed E-state index contributed by atoms with van der Waals surface area (Å²) in [6.07, 6.45) is 1.60. The van der Waals surface area contributed by atoms with Gasteiger partial charge in [0, 0.05) is 6.07 Å². The van der Waals surface area contributed by atoms with E-state index in [9.17, 15) is 0 Å². The summed E-state index contributed by atoms with van der Waals surface area (Å²) in [7, 11) is 0. The van der Waals surface area contributed by atoms with E-state index in [2.05, 4.69) is 17.3 Å². The second kappa shape index (κ2) is 6.46. The van der Waals surface area contributed by atoms with Gasteiger partial charge in [0.2, 0.25) is 5.76 Å². The predicted molar refractivity (Wildman–Crippen MR) is 90.4 cm³/mol. The molecule has 4 rings (SSSR count). The van der Waals surface area contributed by atoms with Crippen LogP contribution in [-0.4, -0.2) is 5.16 Å². The first-order valence-electron chi connectivity index (χ1n) is 7.66. The molecule has 4 heteroatoms. The SMILES string of the molecule is c1ccc(-c2ccc(OCc3cc(-c4ccco4)on3)cc2)cc1. The molecule has 0 amide bonds. The Kier molecular flexibility index (Phi) is 3.86. The van der Waals surface area contributed by atoms with Crippen molar-refractivity contribution in [2.24, 2.45) is 0 Å². The van der Waals surface area contributed by atoms with E-state index in [1.54, 1.807) is 6.26 Å². The van der Waals surface area contributed by atoms with Crippen LogP contribution in [0.2, 0.25) is 0 Å². The number of rotatable bonds is 5. The molecule has 0 N–H and O–H groups in total. The molecule has 0 atom stereocenters. The van der Waals surface area contributed by atoms with Crippen LogP contribution in [0.1, 0.15) is 5.69 Å². The number of benzene rings is 2. The van der Waals surface area contributed by atoms with Crippen molar-refractivity contribution in [1.29, 1.82) is 0 Å². The Labute approximate surface area is 139 Å². The molecule has 4 nitrogen and oxygen atoms in total. The van der Waals surface area contributed by atoms with Gasteiger partial charge in [0.05, 0.1) is 6.26 Å². The van der Waals surface area contributed by atoms with Crippen LogP contribution in [0.3, 0.4) is 0 Å². The average molecular weight is 317 g/mol. The van der Waals surface area contributed by atoms with Crippen molar-refractivity contribution in [3.05, 3.63) is 84.8 Å². The van der Waals surface area contributed by atoms with Gasteiger partial charge in [-0.1, -0.05) is 47.6 Å². The van der Waals surface area contributed by atoms with E-state index in [0.717, 1.165) is 11.3 Å². The number of furan rings is 1. The zero-order valence-corrected chi connectivity index (χ0v) is 12.9. The Balaban J connectivity index is 1.41. The lowest BCUT2D eigenvalue weighted by Crippen LogP contribution is -1.95. The molecule has 0 bridgehead atoms. The molecule has 0 aliphatic heterocycles. The molecule has 0 saturated heterocycles. The fourth-order valence-corrected chi connectivity index (χ4v) is 2.45. The van der Waals surface area contributed by atoms with Crippen molar-refractivity contribution in [3.63, 3.8) is 0 Å². The summed E-state index contributed by atoms with van der Waals surface area (Å²) in [6.45, 7) is 0.342. The van der Waals surface area contributed by atoms with Crippen LogP contribution in [0.5, 0.6) is 5.75 Å². The van der Waals surface area contributed by atoms with Crippen LogP contribution in [0.4, 0.5) is 0 Å². The molecule has 0 saturated carbocycles. The van der Waals surface area contributed by atoms with Crippen LogP contribution < -0.4 is 4.74 Å². The molecule has 2 heterocycles. The summed E-state index contributed by atoms with van der Waals surface area (Å²) in [5, 5.41) is 3.99. The van der Waals surface area contributed by atoms with Crippen molar-refractivity contribution < 1.29 is 13.7 Å². The Hall–Kier alpha value is -3.27. The minimum atomic E-state index is 0.342. The maximum absolute atomic E-state index is 5.76. The standard InChI is InChI=1S/C20H15NO3/c1-2-5-15(6-3-1)16-8-10-18(11-9-16)23-14-17-13-20(24-21-17)19-7-4-12-22-19/h1-13H,14H2. The van der Waals surface area contributed by atoms with E-state index in [4.69, 9.17) is 13.7 Å². The topological polar surface area (TPSA) is 48.4 Å². The normalized spacial score (nSPS) is 10.7. The molecular weight excluding hydrogens is 302 g/mol. The predicted octanol–water partition coefficient (Wildman–Crippen LogP) is 5.18. The third kappa shape index (κ3) is 3.08. The van der Waals surface area contributed by atoms with Crippen LogP contribution in [0, 0.1) is 0 Å². The first-order valence-corrected chi connectivity index (χ1v) is 7.66.